The number of nitrogens with one attached hydrogen (secondary N) is 1. The SMILES string of the molecule is CC(CO)(NC(=O)c1cccc(F)c1)C1CC1. The van der Waals surface area contributed by atoms with E-state index in [-0.39, 0.29) is 18.1 Å². The quantitative estimate of drug-likeness (QED) is 0.837. The predicted molar refractivity (Wildman–Crippen MR) is 62.1 cm³/mol. The molecule has 1 fully saturated rings. The number of aliphatic hydroxyl groups is 1. The molecule has 92 valence electrons. The largest absolute Gasteiger partial charge is 0.394 e. The number of carbonyl (C=O) groups excluding carboxylic acids is 1. The average Bonchev–Trinajstić information content (AvgIpc) is 3.13. The Morgan fingerprint density at radius 3 is 2.82 bits per heavy atom. The molecular weight excluding hydrogens is 221 g/mol. The minimum Gasteiger partial charge on any atom is -0.394 e. The van der Waals surface area contributed by atoms with Crippen LogP contribution in [0.3, 0.4) is 0 Å². The molecule has 1 unspecified atom stereocenters. The van der Waals surface area contributed by atoms with Crippen LogP contribution < -0.4 is 5.32 Å². The van der Waals surface area contributed by atoms with Gasteiger partial charge in [0.05, 0.1) is 12.1 Å². The van der Waals surface area contributed by atoms with E-state index >= 15 is 0 Å². The number of hydrogen-bond acceptors (Lipinski definition) is 2. The Morgan fingerprint density at radius 1 is 1.59 bits per heavy atom. The van der Waals surface area contributed by atoms with Gasteiger partial charge in [-0.25, -0.2) is 4.39 Å². The molecule has 0 heterocycles. The second kappa shape index (κ2) is 4.45. The number of hydrogen-bond donors (Lipinski definition) is 2. The Kier molecular flexibility index (Phi) is 3.15. The molecule has 1 saturated carbocycles. The molecule has 1 amide bonds. The van der Waals surface area contributed by atoms with Crippen molar-refractivity contribution in [1.29, 1.82) is 0 Å². The first-order valence-corrected chi connectivity index (χ1v) is 5.74. The summed E-state index contributed by atoms with van der Waals surface area (Å²) in [6.45, 7) is 1.72. The van der Waals surface area contributed by atoms with Crippen LogP contribution in [0.2, 0.25) is 0 Å². The summed E-state index contributed by atoms with van der Waals surface area (Å²) in [5, 5.41) is 12.2. The molecule has 1 aliphatic carbocycles. The van der Waals surface area contributed by atoms with Gasteiger partial charge in [0.15, 0.2) is 0 Å². The van der Waals surface area contributed by atoms with Crippen molar-refractivity contribution < 1.29 is 14.3 Å². The highest BCUT2D eigenvalue weighted by Crippen LogP contribution is 2.39. The number of aliphatic hydroxyl groups excluding tert-OH is 1. The molecule has 0 aromatic heterocycles. The van der Waals surface area contributed by atoms with Gasteiger partial charge in [-0.15, -0.1) is 0 Å². The standard InChI is InChI=1S/C13H16FNO2/c1-13(8-16,10-5-6-10)15-12(17)9-3-2-4-11(14)7-9/h2-4,7,10,16H,5-6,8H2,1H3,(H,15,17). The highest BCUT2D eigenvalue weighted by molar-refractivity contribution is 5.94. The molecule has 1 aromatic rings. The van der Waals surface area contributed by atoms with Crippen LogP contribution >= 0.6 is 0 Å². The van der Waals surface area contributed by atoms with Crippen molar-refractivity contribution in [2.45, 2.75) is 25.3 Å². The fourth-order valence-electron chi connectivity index (χ4n) is 1.95. The van der Waals surface area contributed by atoms with E-state index in [4.69, 9.17) is 0 Å². The minimum absolute atomic E-state index is 0.0985. The monoisotopic (exact) mass is 237 g/mol. The summed E-state index contributed by atoms with van der Waals surface area (Å²) in [4.78, 5) is 11.9. The third kappa shape index (κ3) is 2.64. The van der Waals surface area contributed by atoms with Gasteiger partial charge in [-0.3, -0.25) is 4.79 Å². The molecule has 0 saturated heterocycles. The summed E-state index contributed by atoms with van der Waals surface area (Å²) in [5.41, 5.74) is -0.311. The lowest BCUT2D eigenvalue weighted by molar-refractivity contribution is 0.0824. The molecule has 1 atom stereocenters. The van der Waals surface area contributed by atoms with Crippen LogP contribution in [-0.4, -0.2) is 23.2 Å². The number of carbonyl (C=O) groups is 1. The molecular formula is C13H16FNO2. The van der Waals surface area contributed by atoms with Gasteiger partial charge in [0.1, 0.15) is 5.82 Å². The van der Waals surface area contributed by atoms with Crippen LogP contribution in [0.15, 0.2) is 24.3 Å². The smallest absolute Gasteiger partial charge is 0.251 e. The Balaban J connectivity index is 2.10. The number of rotatable bonds is 4. The highest BCUT2D eigenvalue weighted by atomic mass is 19.1. The molecule has 2 rings (SSSR count). The van der Waals surface area contributed by atoms with Crippen molar-refractivity contribution in [2.24, 2.45) is 5.92 Å². The second-order valence-corrected chi connectivity index (χ2v) is 4.81. The molecule has 3 nitrogen and oxygen atoms in total. The summed E-state index contributed by atoms with van der Waals surface area (Å²) < 4.78 is 13.0. The average molecular weight is 237 g/mol. The van der Waals surface area contributed by atoms with Gasteiger partial charge in [0, 0.05) is 5.56 Å². The molecule has 4 heteroatoms. The molecule has 0 aliphatic heterocycles. The maximum Gasteiger partial charge on any atom is 0.251 e. The molecule has 1 aromatic carbocycles. The molecule has 17 heavy (non-hydrogen) atoms. The summed E-state index contributed by atoms with van der Waals surface area (Å²) in [7, 11) is 0. The van der Waals surface area contributed by atoms with Crippen molar-refractivity contribution in [1.82, 2.24) is 5.32 Å². The third-order valence-electron chi connectivity index (χ3n) is 3.29. The van der Waals surface area contributed by atoms with E-state index in [0.717, 1.165) is 12.8 Å². The van der Waals surface area contributed by atoms with Gasteiger partial charge in [0.2, 0.25) is 0 Å². The van der Waals surface area contributed by atoms with Crippen LogP contribution in [0.1, 0.15) is 30.1 Å². The lowest BCUT2D eigenvalue weighted by Gasteiger charge is -2.28. The number of benzene rings is 1. The summed E-state index contributed by atoms with van der Waals surface area (Å²) in [6.07, 6.45) is 2.03. The van der Waals surface area contributed by atoms with Crippen LogP contribution in [0.4, 0.5) is 4.39 Å². The van der Waals surface area contributed by atoms with Crippen molar-refractivity contribution in [3.05, 3.63) is 35.6 Å². The molecule has 2 N–H and O–H groups in total. The van der Waals surface area contributed by atoms with Crippen LogP contribution in [0, 0.1) is 11.7 Å². The van der Waals surface area contributed by atoms with E-state index in [2.05, 4.69) is 5.32 Å². The number of amides is 1. The van der Waals surface area contributed by atoms with Crippen LogP contribution in [0.5, 0.6) is 0 Å². The fraction of sp³-hybridized carbons (Fsp3) is 0.462. The molecule has 0 spiro atoms. The van der Waals surface area contributed by atoms with E-state index in [1.54, 1.807) is 6.07 Å². The Hall–Kier alpha value is -1.42. The van der Waals surface area contributed by atoms with Crippen LogP contribution in [-0.2, 0) is 0 Å². The zero-order chi connectivity index (χ0) is 12.5. The third-order valence-corrected chi connectivity index (χ3v) is 3.29. The van der Waals surface area contributed by atoms with Gasteiger partial charge >= 0.3 is 0 Å². The molecule has 0 bridgehead atoms. The maximum absolute atomic E-state index is 13.0. The van der Waals surface area contributed by atoms with Crippen molar-refractivity contribution in [3.63, 3.8) is 0 Å². The summed E-state index contributed by atoms with van der Waals surface area (Å²) >= 11 is 0. The zero-order valence-electron chi connectivity index (χ0n) is 9.74. The van der Waals surface area contributed by atoms with E-state index in [0.29, 0.717) is 5.92 Å². The first kappa shape index (κ1) is 12.0. The predicted octanol–water partition coefficient (Wildman–Crippen LogP) is 1.72. The fourth-order valence-corrected chi connectivity index (χ4v) is 1.95. The van der Waals surface area contributed by atoms with Gasteiger partial charge in [0.25, 0.3) is 5.91 Å². The topological polar surface area (TPSA) is 49.3 Å². The molecule has 1 aliphatic rings. The highest BCUT2D eigenvalue weighted by Gasteiger charge is 2.42. The van der Waals surface area contributed by atoms with E-state index in [1.165, 1.54) is 18.2 Å². The molecule has 0 radical (unpaired) electrons. The van der Waals surface area contributed by atoms with Gasteiger partial charge in [-0.05, 0) is 43.9 Å². The van der Waals surface area contributed by atoms with E-state index in [9.17, 15) is 14.3 Å². The van der Waals surface area contributed by atoms with Gasteiger partial charge in [-0.2, -0.15) is 0 Å². The first-order valence-electron chi connectivity index (χ1n) is 5.74. The maximum atomic E-state index is 13.0. The van der Waals surface area contributed by atoms with E-state index < -0.39 is 11.4 Å². The Morgan fingerprint density at radius 2 is 2.29 bits per heavy atom. The first-order chi connectivity index (χ1) is 8.05. The second-order valence-electron chi connectivity index (χ2n) is 4.81. The Bertz CT molecular complexity index is 431. The lowest BCUT2D eigenvalue weighted by atomic mass is 9.96. The Labute approximate surface area is 99.7 Å². The minimum atomic E-state index is -0.594. The van der Waals surface area contributed by atoms with Crippen molar-refractivity contribution >= 4 is 5.91 Å². The zero-order valence-corrected chi connectivity index (χ0v) is 9.74. The van der Waals surface area contributed by atoms with Gasteiger partial charge in [-0.1, -0.05) is 6.07 Å². The van der Waals surface area contributed by atoms with Crippen molar-refractivity contribution in [3.8, 4) is 0 Å². The summed E-state index contributed by atoms with van der Waals surface area (Å²) in [6, 6.07) is 5.55. The van der Waals surface area contributed by atoms with Crippen molar-refractivity contribution in [2.75, 3.05) is 6.61 Å². The van der Waals surface area contributed by atoms with Gasteiger partial charge < -0.3 is 10.4 Å². The van der Waals surface area contributed by atoms with Crippen LogP contribution in [0.25, 0.3) is 0 Å². The lowest BCUT2D eigenvalue weighted by Crippen LogP contribution is -2.50. The summed E-state index contributed by atoms with van der Waals surface area (Å²) in [5.74, 6) is -0.451. The van der Waals surface area contributed by atoms with E-state index in [1.807, 2.05) is 6.92 Å². The normalized spacial score (nSPS) is 18.5. The number of halogens is 1.